The molecular weight excluding hydrogens is 435 g/mol. The molecule has 33 heavy (non-hydrogen) atoms. The van der Waals surface area contributed by atoms with E-state index in [-0.39, 0.29) is 5.76 Å². The van der Waals surface area contributed by atoms with Crippen LogP contribution in [0.15, 0.2) is 42.3 Å². The summed E-state index contributed by atoms with van der Waals surface area (Å²) in [7, 11) is 4.13. The Morgan fingerprint density at radius 2 is 2.00 bits per heavy atom. The summed E-state index contributed by atoms with van der Waals surface area (Å²) < 4.78 is 43.9. The Morgan fingerprint density at radius 1 is 1.27 bits per heavy atom. The van der Waals surface area contributed by atoms with Gasteiger partial charge >= 0.3 is 6.36 Å². The van der Waals surface area contributed by atoms with Gasteiger partial charge in [-0.15, -0.1) is 18.3 Å². The Labute approximate surface area is 191 Å². The molecule has 1 N–H and O–H groups in total. The number of aliphatic hydroxyl groups is 1. The Bertz CT molecular complexity index is 1040. The summed E-state index contributed by atoms with van der Waals surface area (Å²) in [4.78, 5) is 8.78. The topological polar surface area (TPSA) is 66.1 Å². The van der Waals surface area contributed by atoms with Crippen LogP contribution in [0.1, 0.15) is 31.9 Å². The molecule has 1 fully saturated rings. The van der Waals surface area contributed by atoms with E-state index in [1.54, 1.807) is 11.4 Å². The molecule has 2 aromatic heterocycles. The molecule has 7 nitrogen and oxygen atoms in total. The number of piperidine rings is 1. The molecule has 0 saturated carbocycles. The normalized spacial score (nSPS) is 24.8. The van der Waals surface area contributed by atoms with Crippen molar-refractivity contribution < 1.29 is 23.0 Å². The third kappa shape index (κ3) is 5.16. The van der Waals surface area contributed by atoms with E-state index in [0.29, 0.717) is 17.3 Å². The van der Waals surface area contributed by atoms with Crippen molar-refractivity contribution >= 4 is 11.5 Å². The summed E-state index contributed by atoms with van der Waals surface area (Å²) in [6, 6.07) is 3.71. The molecule has 1 aliphatic carbocycles. The molecule has 10 heteroatoms. The van der Waals surface area contributed by atoms with Gasteiger partial charge in [0, 0.05) is 13.6 Å². The number of hydrogen-bond acceptors (Lipinski definition) is 6. The molecule has 2 aliphatic rings. The summed E-state index contributed by atoms with van der Waals surface area (Å²) in [5.41, 5.74) is -0.178. The highest BCUT2D eigenvalue weighted by Gasteiger charge is 2.40. The molecule has 2 atom stereocenters. The predicted molar refractivity (Wildman–Crippen MR) is 119 cm³/mol. The lowest BCUT2D eigenvalue weighted by molar-refractivity contribution is -0.303. The fraction of sp³-hybridized carbons (Fsp3) is 0.565. The molecule has 3 heterocycles. The van der Waals surface area contributed by atoms with E-state index in [0.717, 1.165) is 37.9 Å². The van der Waals surface area contributed by atoms with Gasteiger partial charge in [-0.1, -0.05) is 6.08 Å². The van der Waals surface area contributed by atoms with Crippen molar-refractivity contribution in [1.29, 1.82) is 0 Å². The van der Waals surface area contributed by atoms with Crippen LogP contribution in [0.3, 0.4) is 0 Å². The zero-order chi connectivity index (χ0) is 23.8. The van der Waals surface area contributed by atoms with Crippen molar-refractivity contribution in [2.24, 2.45) is 5.92 Å². The number of fused-ring (bicyclic) bond motifs is 1. The first-order chi connectivity index (χ1) is 15.5. The first-order valence-electron chi connectivity index (χ1n) is 11.1. The first kappa shape index (κ1) is 23.6. The maximum absolute atomic E-state index is 12.8. The molecule has 180 valence electrons. The van der Waals surface area contributed by atoms with E-state index in [9.17, 15) is 18.3 Å². The van der Waals surface area contributed by atoms with Crippen molar-refractivity contribution in [1.82, 2.24) is 19.5 Å². The summed E-state index contributed by atoms with van der Waals surface area (Å²) in [5, 5.41) is 15.4. The molecule has 0 bridgehead atoms. The predicted octanol–water partition coefficient (Wildman–Crippen LogP) is 3.51. The average molecular weight is 466 g/mol. The highest BCUT2D eigenvalue weighted by Crippen LogP contribution is 2.36. The first-order valence-corrected chi connectivity index (χ1v) is 11.1. The van der Waals surface area contributed by atoms with Gasteiger partial charge in [-0.25, -0.2) is 9.50 Å². The number of ether oxygens (including phenoxy) is 1. The van der Waals surface area contributed by atoms with Gasteiger partial charge in [0.25, 0.3) is 0 Å². The van der Waals surface area contributed by atoms with Crippen LogP contribution in [0.2, 0.25) is 0 Å². The zero-order valence-corrected chi connectivity index (χ0v) is 19.1. The summed E-state index contributed by atoms with van der Waals surface area (Å²) in [6.45, 7) is 4.74. The van der Waals surface area contributed by atoms with Crippen molar-refractivity contribution in [3.8, 4) is 0 Å². The van der Waals surface area contributed by atoms with Crippen LogP contribution in [0, 0.1) is 5.92 Å². The molecule has 0 aromatic carbocycles. The molecule has 2 aromatic rings. The van der Waals surface area contributed by atoms with E-state index in [1.807, 2.05) is 19.2 Å². The number of halogens is 3. The number of imidazole rings is 1. The van der Waals surface area contributed by atoms with Gasteiger partial charge in [-0.2, -0.15) is 0 Å². The van der Waals surface area contributed by atoms with Gasteiger partial charge in [0.15, 0.2) is 5.65 Å². The molecule has 0 spiro atoms. The van der Waals surface area contributed by atoms with Crippen LogP contribution >= 0.6 is 0 Å². The SMILES string of the molecule is CN1CCC(CCN(C)c2ccc3ncc(C4(C)C=C(OC(F)(F)F)C=CC4O)n3n2)CC1. The van der Waals surface area contributed by atoms with Gasteiger partial charge < -0.3 is 19.6 Å². The van der Waals surface area contributed by atoms with Crippen LogP contribution in [0.5, 0.6) is 0 Å². The van der Waals surface area contributed by atoms with Crippen molar-refractivity contribution in [2.45, 2.75) is 44.1 Å². The van der Waals surface area contributed by atoms with E-state index < -0.39 is 17.9 Å². The smallest absolute Gasteiger partial charge is 0.406 e. The lowest BCUT2D eigenvalue weighted by Crippen LogP contribution is -2.37. The number of nitrogens with zero attached hydrogens (tertiary/aromatic N) is 5. The highest BCUT2D eigenvalue weighted by atomic mass is 19.4. The van der Waals surface area contributed by atoms with E-state index in [4.69, 9.17) is 5.10 Å². The minimum atomic E-state index is -4.82. The Hall–Kier alpha value is -2.59. The molecule has 0 radical (unpaired) electrons. The van der Waals surface area contributed by atoms with Crippen LogP contribution in [-0.4, -0.2) is 70.8 Å². The van der Waals surface area contributed by atoms with Gasteiger partial charge in [-0.05, 0) is 76.5 Å². The summed E-state index contributed by atoms with van der Waals surface area (Å²) in [5.74, 6) is 1.04. The molecule has 1 aliphatic heterocycles. The van der Waals surface area contributed by atoms with Crippen LogP contribution in [-0.2, 0) is 10.2 Å². The largest absolute Gasteiger partial charge is 0.573 e. The van der Waals surface area contributed by atoms with Crippen LogP contribution in [0.25, 0.3) is 5.65 Å². The van der Waals surface area contributed by atoms with Gasteiger partial charge in [0.05, 0.1) is 23.4 Å². The quantitative estimate of drug-likeness (QED) is 0.705. The fourth-order valence-corrected chi connectivity index (χ4v) is 4.51. The molecular formula is C23H30F3N5O2. The number of alkyl halides is 3. The lowest BCUT2D eigenvalue weighted by Gasteiger charge is -2.32. The van der Waals surface area contributed by atoms with E-state index in [2.05, 4.69) is 26.6 Å². The maximum Gasteiger partial charge on any atom is 0.573 e. The number of hydrogen-bond donors (Lipinski definition) is 1. The van der Waals surface area contributed by atoms with E-state index >= 15 is 0 Å². The van der Waals surface area contributed by atoms with Gasteiger partial charge in [0.2, 0.25) is 0 Å². The number of aliphatic hydroxyl groups excluding tert-OH is 1. The summed E-state index contributed by atoms with van der Waals surface area (Å²) in [6.07, 6.45) is 2.80. The highest BCUT2D eigenvalue weighted by molar-refractivity contribution is 5.49. The zero-order valence-electron chi connectivity index (χ0n) is 19.1. The molecule has 4 rings (SSSR count). The Morgan fingerprint density at radius 3 is 2.70 bits per heavy atom. The number of aromatic nitrogens is 3. The average Bonchev–Trinajstić information content (AvgIpc) is 3.19. The minimum Gasteiger partial charge on any atom is -0.406 e. The lowest BCUT2D eigenvalue weighted by atomic mass is 9.78. The minimum absolute atomic E-state index is 0.378. The molecule has 1 saturated heterocycles. The number of rotatable bonds is 6. The van der Waals surface area contributed by atoms with Gasteiger partial charge in [-0.3, -0.25) is 0 Å². The van der Waals surface area contributed by atoms with Crippen molar-refractivity contribution in [3.63, 3.8) is 0 Å². The van der Waals surface area contributed by atoms with Crippen molar-refractivity contribution in [2.75, 3.05) is 38.6 Å². The molecule has 2 unspecified atom stereocenters. The Balaban J connectivity index is 1.57. The Kier molecular flexibility index (Phi) is 6.41. The molecule has 0 amide bonds. The maximum atomic E-state index is 12.8. The second-order valence-electron chi connectivity index (χ2n) is 9.24. The van der Waals surface area contributed by atoms with Crippen LogP contribution < -0.4 is 4.90 Å². The van der Waals surface area contributed by atoms with Crippen LogP contribution in [0.4, 0.5) is 19.0 Å². The summed E-state index contributed by atoms with van der Waals surface area (Å²) >= 11 is 0. The number of likely N-dealkylation sites (tertiary alicyclic amines) is 1. The number of anilines is 1. The second-order valence-corrected chi connectivity index (χ2v) is 9.24. The van der Waals surface area contributed by atoms with E-state index in [1.165, 1.54) is 31.2 Å². The monoisotopic (exact) mass is 465 g/mol. The fourth-order valence-electron chi connectivity index (χ4n) is 4.51. The van der Waals surface area contributed by atoms with Crippen molar-refractivity contribution in [3.05, 3.63) is 48.0 Å². The standard InChI is InChI=1S/C23H30F3N5O2/c1-22(14-17(4-5-19(22)32)33-23(24,25)26)18-15-27-20-6-7-21(28-31(18)20)30(3)13-10-16-8-11-29(2)12-9-16/h4-7,14-16,19,32H,8-13H2,1-3H3. The second kappa shape index (κ2) is 8.98. The third-order valence-electron chi connectivity index (χ3n) is 6.73. The van der Waals surface area contributed by atoms with Gasteiger partial charge in [0.1, 0.15) is 11.6 Å². The third-order valence-corrected chi connectivity index (χ3v) is 6.73. The number of allylic oxidation sites excluding steroid dienone is 1.